The quantitative estimate of drug-likeness (QED) is 0.165. The first-order chi connectivity index (χ1) is 33.7. The lowest BCUT2D eigenvalue weighted by Gasteiger charge is -2.26. The number of hydrogen-bond donors (Lipinski definition) is 1. The second-order valence-corrected chi connectivity index (χ2v) is 17.1. The first-order valence-corrected chi connectivity index (χ1v) is 22.9. The van der Waals surface area contributed by atoms with E-state index in [0.29, 0.717) is 11.7 Å². The number of benzene rings is 9. The molecule has 1 unspecified atom stereocenters. The maximum absolute atomic E-state index is 5.57. The predicted octanol–water partition coefficient (Wildman–Crippen LogP) is 14.3. The second-order valence-electron chi connectivity index (χ2n) is 17.1. The summed E-state index contributed by atoms with van der Waals surface area (Å²) in [5, 5.41) is 8.39. The molecule has 0 radical (unpaired) electrons. The van der Waals surface area contributed by atoms with Gasteiger partial charge < -0.3 is 9.88 Å². The smallest absolute Gasteiger partial charge is 0.204 e. The highest BCUT2D eigenvalue weighted by Crippen LogP contribution is 2.44. The number of aromatic nitrogens is 4. The molecular weight excluding hydrogens is 831 g/mol. The molecule has 1 aliphatic heterocycles. The average molecular weight is 872 g/mol. The zero-order valence-corrected chi connectivity index (χ0v) is 36.8. The Kier molecular flexibility index (Phi) is 9.42. The lowest BCUT2D eigenvalue weighted by molar-refractivity contribution is 0.516. The molecule has 1 aliphatic rings. The molecule has 7 nitrogen and oxygen atoms in total. The molecule has 3 aromatic heterocycles. The summed E-state index contributed by atoms with van der Waals surface area (Å²) >= 11 is 0. The van der Waals surface area contributed by atoms with Crippen LogP contribution in [0.2, 0.25) is 0 Å². The van der Waals surface area contributed by atoms with Crippen molar-refractivity contribution in [3.63, 3.8) is 0 Å². The molecule has 0 spiro atoms. The van der Waals surface area contributed by atoms with Crippen molar-refractivity contribution < 1.29 is 0 Å². The molecule has 1 N–H and O–H groups in total. The van der Waals surface area contributed by atoms with Gasteiger partial charge in [0.2, 0.25) is 6.29 Å². The zero-order chi connectivity index (χ0) is 45.0. The van der Waals surface area contributed by atoms with Crippen LogP contribution in [0.5, 0.6) is 0 Å². The zero-order valence-electron chi connectivity index (χ0n) is 36.8. The SMILES string of the molecule is c1ccc(C2=NC(c3cccc(-c4ccccc4)c3)=NC(n3c4ccccc4c4ccc5c6ccccc6n(-c6ccccc6-c6cc(-c7ccccc7)nc(-c7ccccc7)n6)c5c43)N2)cc1. The van der Waals surface area contributed by atoms with E-state index in [1.54, 1.807) is 0 Å². The molecule has 7 heteroatoms. The Morgan fingerprint density at radius 3 is 1.66 bits per heavy atom. The number of nitrogens with zero attached hydrogens (tertiary/aromatic N) is 6. The minimum absolute atomic E-state index is 0.573. The van der Waals surface area contributed by atoms with E-state index in [-0.39, 0.29) is 0 Å². The first-order valence-electron chi connectivity index (χ1n) is 22.9. The maximum Gasteiger partial charge on any atom is 0.204 e. The summed E-state index contributed by atoms with van der Waals surface area (Å²) < 4.78 is 4.82. The molecule has 9 aromatic carbocycles. The fourth-order valence-electron chi connectivity index (χ4n) is 9.89. The van der Waals surface area contributed by atoms with Crippen LogP contribution in [-0.4, -0.2) is 30.8 Å². The summed E-state index contributed by atoms with van der Waals surface area (Å²) in [4.78, 5) is 21.3. The number of fused-ring (bicyclic) bond motifs is 7. The number of nitrogens with one attached hydrogen (secondary N) is 1. The van der Waals surface area contributed by atoms with Crippen LogP contribution in [0.25, 0.3) is 94.3 Å². The van der Waals surface area contributed by atoms with E-state index in [9.17, 15) is 0 Å². The molecule has 0 saturated heterocycles. The first kappa shape index (κ1) is 39.2. The minimum atomic E-state index is -0.573. The second kappa shape index (κ2) is 16.3. The highest BCUT2D eigenvalue weighted by atomic mass is 15.3. The van der Waals surface area contributed by atoms with E-state index in [4.69, 9.17) is 20.0 Å². The van der Waals surface area contributed by atoms with Crippen LogP contribution in [0.1, 0.15) is 17.4 Å². The van der Waals surface area contributed by atoms with E-state index >= 15 is 0 Å². The molecule has 68 heavy (non-hydrogen) atoms. The van der Waals surface area contributed by atoms with Crippen LogP contribution < -0.4 is 5.32 Å². The van der Waals surface area contributed by atoms with Crippen molar-refractivity contribution in [2.75, 3.05) is 0 Å². The summed E-state index contributed by atoms with van der Waals surface area (Å²) in [6, 6.07) is 82.7. The largest absolute Gasteiger partial charge is 0.331 e. The fourth-order valence-corrected chi connectivity index (χ4v) is 9.89. The third kappa shape index (κ3) is 6.67. The number of amidine groups is 2. The topological polar surface area (TPSA) is 72.4 Å². The van der Waals surface area contributed by atoms with Crippen LogP contribution in [0.4, 0.5) is 0 Å². The third-order valence-electron chi connectivity index (χ3n) is 13.0. The number of hydrogen-bond acceptors (Lipinski definition) is 5. The average Bonchev–Trinajstić information content (AvgIpc) is 3.95. The van der Waals surface area contributed by atoms with Crippen LogP contribution in [0.3, 0.4) is 0 Å². The van der Waals surface area contributed by atoms with Gasteiger partial charge in [-0.15, -0.1) is 0 Å². The van der Waals surface area contributed by atoms with E-state index in [1.165, 1.54) is 0 Å². The Balaban J connectivity index is 1.08. The van der Waals surface area contributed by atoms with Crippen molar-refractivity contribution in [1.29, 1.82) is 0 Å². The Hall–Kier alpha value is -9.20. The van der Waals surface area contributed by atoms with Crippen LogP contribution in [-0.2, 0) is 0 Å². The van der Waals surface area contributed by atoms with Gasteiger partial charge in [-0.05, 0) is 41.5 Å². The van der Waals surface area contributed by atoms with Gasteiger partial charge in [-0.1, -0.05) is 206 Å². The van der Waals surface area contributed by atoms with E-state index in [2.05, 4.69) is 215 Å². The molecule has 12 aromatic rings. The van der Waals surface area contributed by atoms with E-state index in [1.807, 2.05) is 36.4 Å². The number of rotatable bonds is 8. The Labute approximate surface area is 392 Å². The number of para-hydroxylation sites is 3. The molecule has 0 fully saturated rings. The van der Waals surface area contributed by atoms with Crippen molar-refractivity contribution >= 4 is 55.3 Å². The molecule has 320 valence electrons. The van der Waals surface area contributed by atoms with Crippen molar-refractivity contribution in [3.05, 3.63) is 248 Å². The minimum Gasteiger partial charge on any atom is -0.331 e. The normalized spacial score (nSPS) is 13.7. The molecule has 0 bridgehead atoms. The van der Waals surface area contributed by atoms with Gasteiger partial charge in [-0.25, -0.2) is 20.0 Å². The van der Waals surface area contributed by atoms with Gasteiger partial charge in [0.1, 0.15) is 5.84 Å². The molecule has 1 atom stereocenters. The molecular formula is C61H41N7. The third-order valence-corrected chi connectivity index (χ3v) is 13.0. The Morgan fingerprint density at radius 1 is 0.382 bits per heavy atom. The molecule has 0 aliphatic carbocycles. The molecule has 13 rings (SSSR count). The van der Waals surface area contributed by atoms with Gasteiger partial charge in [-0.2, -0.15) is 0 Å². The monoisotopic (exact) mass is 871 g/mol. The van der Waals surface area contributed by atoms with Gasteiger partial charge in [-0.3, -0.25) is 4.57 Å². The van der Waals surface area contributed by atoms with Crippen LogP contribution >= 0.6 is 0 Å². The highest BCUT2D eigenvalue weighted by Gasteiger charge is 2.28. The predicted molar refractivity (Wildman–Crippen MR) is 279 cm³/mol. The molecule has 0 saturated carbocycles. The summed E-state index contributed by atoms with van der Waals surface area (Å²) in [5.41, 5.74) is 14.1. The van der Waals surface area contributed by atoms with Gasteiger partial charge in [0.05, 0.1) is 39.1 Å². The van der Waals surface area contributed by atoms with Gasteiger partial charge >= 0.3 is 0 Å². The van der Waals surface area contributed by atoms with E-state index in [0.717, 1.165) is 105 Å². The summed E-state index contributed by atoms with van der Waals surface area (Å²) in [5.74, 6) is 2.08. The van der Waals surface area contributed by atoms with Gasteiger partial charge in [0.25, 0.3) is 0 Å². The van der Waals surface area contributed by atoms with Crippen molar-refractivity contribution in [2.45, 2.75) is 6.29 Å². The molecule has 4 heterocycles. The van der Waals surface area contributed by atoms with E-state index < -0.39 is 6.29 Å². The lowest BCUT2D eigenvalue weighted by Crippen LogP contribution is -2.36. The lowest BCUT2D eigenvalue weighted by atomic mass is 10.0. The molecule has 0 amide bonds. The summed E-state index contributed by atoms with van der Waals surface area (Å²) in [6.07, 6.45) is -0.573. The van der Waals surface area contributed by atoms with Crippen molar-refractivity contribution in [2.24, 2.45) is 9.98 Å². The van der Waals surface area contributed by atoms with Crippen molar-refractivity contribution in [1.82, 2.24) is 24.4 Å². The van der Waals surface area contributed by atoms with Gasteiger partial charge in [0, 0.05) is 49.4 Å². The standard InChI is InChI=1S/C61H41N7/c1-5-20-40(21-6-1)44-28-19-29-45(38-44)60-64-59(43-26-11-4-12-27-43)65-61(66-60)68-54-34-17-14-31-47(54)49-37-36-48-46-30-13-16-33-53(46)67(56(48)57(49)68)55-35-18-15-32-50(55)52-39-51(41-22-7-2-8-23-41)62-58(63-52)42-24-9-3-10-25-42/h1-39,61H,(H,64,65,66). The summed E-state index contributed by atoms with van der Waals surface area (Å²) in [7, 11) is 0. The van der Waals surface area contributed by atoms with Crippen LogP contribution in [0, 0.1) is 0 Å². The highest BCUT2D eigenvalue weighted by molar-refractivity contribution is 6.24. The maximum atomic E-state index is 5.57. The van der Waals surface area contributed by atoms with Crippen molar-refractivity contribution in [3.8, 4) is 50.7 Å². The Morgan fingerprint density at radius 2 is 0.926 bits per heavy atom. The summed E-state index contributed by atoms with van der Waals surface area (Å²) in [6.45, 7) is 0. The van der Waals surface area contributed by atoms with Crippen LogP contribution in [0.15, 0.2) is 247 Å². The Bertz CT molecular complexity index is 3870. The fraction of sp³-hybridized carbons (Fsp3) is 0.0164. The number of aliphatic imine (C=N–C) groups is 2. The van der Waals surface area contributed by atoms with Gasteiger partial charge in [0.15, 0.2) is 11.7 Å².